The van der Waals surface area contributed by atoms with Gasteiger partial charge in [-0.2, -0.15) is 0 Å². The van der Waals surface area contributed by atoms with E-state index in [9.17, 15) is 9.90 Å². The summed E-state index contributed by atoms with van der Waals surface area (Å²) in [5.41, 5.74) is -0.412. The Bertz CT molecular complexity index is 215. The Morgan fingerprint density at radius 2 is 2.29 bits per heavy atom. The summed E-state index contributed by atoms with van der Waals surface area (Å²) in [5.74, 6) is 0. The molecule has 0 aromatic carbocycles. The molecule has 0 bridgehead atoms. The molecule has 1 rings (SSSR count). The van der Waals surface area contributed by atoms with Gasteiger partial charge in [0.05, 0.1) is 6.10 Å². The zero-order chi connectivity index (χ0) is 10.8. The molecule has 0 spiro atoms. The molecule has 1 aliphatic heterocycles. The minimum absolute atomic E-state index is 0.312. The molecular weight excluding hydrogens is 182 g/mol. The maximum atomic E-state index is 11.6. The Labute approximate surface area is 84.8 Å². The molecule has 4 nitrogen and oxygen atoms in total. The van der Waals surface area contributed by atoms with E-state index in [1.807, 2.05) is 20.8 Å². The van der Waals surface area contributed by atoms with Crippen LogP contribution in [0.3, 0.4) is 0 Å². The number of amides is 1. The number of nitrogens with zero attached hydrogens (tertiary/aromatic N) is 1. The smallest absolute Gasteiger partial charge is 0.410 e. The summed E-state index contributed by atoms with van der Waals surface area (Å²) >= 11 is 0. The second-order valence-electron chi connectivity index (χ2n) is 4.37. The third-order valence-electron chi connectivity index (χ3n) is 2.64. The molecule has 14 heavy (non-hydrogen) atoms. The van der Waals surface area contributed by atoms with Crippen molar-refractivity contribution in [1.29, 1.82) is 0 Å². The van der Waals surface area contributed by atoms with Crippen LogP contribution in [-0.2, 0) is 4.74 Å². The highest BCUT2D eigenvalue weighted by molar-refractivity contribution is 5.68. The first-order valence-electron chi connectivity index (χ1n) is 5.10. The second kappa shape index (κ2) is 4.17. The Morgan fingerprint density at radius 1 is 1.64 bits per heavy atom. The van der Waals surface area contributed by atoms with Gasteiger partial charge in [-0.05, 0) is 26.7 Å². The van der Waals surface area contributed by atoms with Crippen LogP contribution in [0, 0.1) is 0 Å². The molecule has 1 unspecified atom stereocenters. The first-order chi connectivity index (χ1) is 6.44. The Morgan fingerprint density at radius 3 is 2.71 bits per heavy atom. The lowest BCUT2D eigenvalue weighted by atomic mass is 10.1. The molecule has 0 aromatic heterocycles. The number of ether oxygens (including phenoxy) is 1. The number of carbonyl (C=O) groups is 1. The number of aliphatic hydroxyl groups excluding tert-OH is 1. The Kier molecular flexibility index (Phi) is 3.37. The predicted molar refractivity (Wildman–Crippen MR) is 53.0 cm³/mol. The van der Waals surface area contributed by atoms with Gasteiger partial charge in [0.15, 0.2) is 0 Å². The fourth-order valence-electron chi connectivity index (χ4n) is 1.28. The van der Waals surface area contributed by atoms with Crippen molar-refractivity contribution < 1.29 is 14.6 Å². The van der Waals surface area contributed by atoms with E-state index in [-0.39, 0.29) is 12.2 Å². The minimum Gasteiger partial charge on any atom is -0.443 e. The largest absolute Gasteiger partial charge is 0.443 e. The topological polar surface area (TPSA) is 49.8 Å². The summed E-state index contributed by atoms with van der Waals surface area (Å²) in [6, 6.07) is 0. The number of rotatable bonds is 2. The van der Waals surface area contributed by atoms with Gasteiger partial charge in [0.25, 0.3) is 0 Å². The maximum Gasteiger partial charge on any atom is 0.410 e. The average Bonchev–Trinajstić information content (AvgIpc) is 2.51. The van der Waals surface area contributed by atoms with Gasteiger partial charge >= 0.3 is 6.09 Å². The molecule has 1 aliphatic rings. The Hall–Kier alpha value is -0.770. The summed E-state index contributed by atoms with van der Waals surface area (Å²) in [5, 5.41) is 9.25. The summed E-state index contributed by atoms with van der Waals surface area (Å²) in [4.78, 5) is 13.1. The van der Waals surface area contributed by atoms with Crippen LogP contribution in [0.25, 0.3) is 0 Å². The summed E-state index contributed by atoms with van der Waals surface area (Å²) in [6.45, 7) is 6.75. The maximum absolute atomic E-state index is 11.6. The molecular formula is C10H19NO3. The molecule has 0 saturated carbocycles. The van der Waals surface area contributed by atoms with Crippen molar-refractivity contribution in [2.75, 3.05) is 13.1 Å². The number of hydrogen-bond acceptors (Lipinski definition) is 3. The van der Waals surface area contributed by atoms with Gasteiger partial charge in [-0.3, -0.25) is 0 Å². The zero-order valence-electron chi connectivity index (χ0n) is 9.12. The first kappa shape index (κ1) is 11.3. The molecule has 0 aliphatic carbocycles. The van der Waals surface area contributed by atoms with Crippen LogP contribution in [0.2, 0.25) is 0 Å². The quantitative estimate of drug-likeness (QED) is 0.734. The highest BCUT2D eigenvalue weighted by atomic mass is 16.6. The van der Waals surface area contributed by atoms with Crippen molar-refractivity contribution in [2.45, 2.75) is 45.3 Å². The van der Waals surface area contributed by atoms with Gasteiger partial charge in [0.1, 0.15) is 5.60 Å². The van der Waals surface area contributed by atoms with Crippen molar-refractivity contribution in [2.24, 2.45) is 0 Å². The van der Waals surface area contributed by atoms with Crippen LogP contribution in [0.5, 0.6) is 0 Å². The van der Waals surface area contributed by atoms with Crippen molar-refractivity contribution in [1.82, 2.24) is 4.90 Å². The van der Waals surface area contributed by atoms with Gasteiger partial charge in [-0.15, -0.1) is 0 Å². The van der Waals surface area contributed by atoms with E-state index in [0.717, 1.165) is 6.42 Å². The average molecular weight is 201 g/mol. The molecule has 1 heterocycles. The predicted octanol–water partition coefficient (Wildman–Crippen LogP) is 1.38. The van der Waals surface area contributed by atoms with Gasteiger partial charge < -0.3 is 14.7 Å². The van der Waals surface area contributed by atoms with E-state index in [2.05, 4.69) is 0 Å². The van der Waals surface area contributed by atoms with Gasteiger partial charge in [-0.1, -0.05) is 6.92 Å². The molecule has 4 heteroatoms. The summed E-state index contributed by atoms with van der Waals surface area (Å²) in [7, 11) is 0. The number of carbonyl (C=O) groups excluding carboxylic acids is 1. The third kappa shape index (κ3) is 2.87. The lowest BCUT2D eigenvalue weighted by Crippen LogP contribution is -2.37. The lowest BCUT2D eigenvalue weighted by molar-refractivity contribution is 0.0133. The minimum atomic E-state index is -0.412. The van der Waals surface area contributed by atoms with Crippen molar-refractivity contribution in [3.8, 4) is 0 Å². The normalized spacial score (nSPS) is 22.6. The molecule has 0 radical (unpaired) electrons. The number of aliphatic hydroxyl groups is 1. The molecule has 82 valence electrons. The summed E-state index contributed by atoms with van der Waals surface area (Å²) in [6.07, 6.45) is 0.747. The van der Waals surface area contributed by atoms with Crippen molar-refractivity contribution in [3.63, 3.8) is 0 Å². The van der Waals surface area contributed by atoms with Crippen LogP contribution in [0.1, 0.15) is 33.6 Å². The summed E-state index contributed by atoms with van der Waals surface area (Å²) < 4.78 is 5.30. The first-order valence-corrected chi connectivity index (χ1v) is 5.10. The van der Waals surface area contributed by atoms with E-state index < -0.39 is 5.60 Å². The van der Waals surface area contributed by atoms with Gasteiger partial charge in [-0.25, -0.2) is 4.79 Å². The SMILES string of the molecule is CCC(C)(C)OC(=O)N1CCC(O)C1. The van der Waals surface area contributed by atoms with E-state index in [1.54, 1.807) is 4.90 Å². The van der Waals surface area contributed by atoms with Gasteiger partial charge in [0.2, 0.25) is 0 Å². The zero-order valence-corrected chi connectivity index (χ0v) is 9.12. The van der Waals surface area contributed by atoms with Crippen molar-refractivity contribution in [3.05, 3.63) is 0 Å². The van der Waals surface area contributed by atoms with E-state index in [4.69, 9.17) is 4.74 Å². The fraction of sp³-hybridized carbons (Fsp3) is 0.900. The van der Waals surface area contributed by atoms with Crippen LogP contribution >= 0.6 is 0 Å². The standard InChI is InChI=1S/C10H19NO3/c1-4-10(2,3)14-9(13)11-6-5-8(12)7-11/h8,12H,4-7H2,1-3H3. The molecule has 1 amide bonds. The molecule has 1 fully saturated rings. The highest BCUT2D eigenvalue weighted by Crippen LogP contribution is 2.18. The number of hydrogen-bond donors (Lipinski definition) is 1. The van der Waals surface area contributed by atoms with Crippen molar-refractivity contribution >= 4 is 6.09 Å². The highest BCUT2D eigenvalue weighted by Gasteiger charge is 2.29. The van der Waals surface area contributed by atoms with Crippen LogP contribution in [0.4, 0.5) is 4.79 Å². The van der Waals surface area contributed by atoms with Crippen LogP contribution in [-0.4, -0.2) is 40.9 Å². The van der Waals surface area contributed by atoms with E-state index in [1.165, 1.54) is 0 Å². The molecule has 0 aromatic rings. The molecule has 1 atom stereocenters. The molecule has 1 N–H and O–H groups in total. The van der Waals surface area contributed by atoms with E-state index in [0.29, 0.717) is 19.5 Å². The third-order valence-corrected chi connectivity index (χ3v) is 2.64. The monoisotopic (exact) mass is 201 g/mol. The lowest BCUT2D eigenvalue weighted by Gasteiger charge is -2.26. The van der Waals surface area contributed by atoms with Crippen LogP contribution < -0.4 is 0 Å². The van der Waals surface area contributed by atoms with E-state index >= 15 is 0 Å². The molecule has 1 saturated heterocycles. The Balaban J connectivity index is 2.43. The number of likely N-dealkylation sites (tertiary alicyclic amines) is 1. The van der Waals surface area contributed by atoms with Crippen LogP contribution in [0.15, 0.2) is 0 Å². The fourth-order valence-corrected chi connectivity index (χ4v) is 1.28. The van der Waals surface area contributed by atoms with Gasteiger partial charge in [0, 0.05) is 13.1 Å². The second-order valence-corrected chi connectivity index (χ2v) is 4.37. The number of β-amino-alcohol motifs (C(OH)–C–C–N with tert-alkyl or cyclic N) is 1.